The van der Waals surface area contributed by atoms with Crippen LogP contribution in [0.15, 0.2) is 35.3 Å². The van der Waals surface area contributed by atoms with Crippen LogP contribution in [-0.4, -0.2) is 49.5 Å². The zero-order valence-electron chi connectivity index (χ0n) is 12.1. The van der Waals surface area contributed by atoms with E-state index < -0.39 is 0 Å². The third-order valence-electron chi connectivity index (χ3n) is 3.96. The summed E-state index contributed by atoms with van der Waals surface area (Å²) in [6.45, 7) is 4.85. The van der Waals surface area contributed by atoms with Gasteiger partial charge in [0.05, 0.1) is 12.1 Å². The topological polar surface area (TPSA) is 44.9 Å². The van der Waals surface area contributed by atoms with E-state index in [9.17, 15) is 0 Å². The molecule has 1 aromatic rings. The van der Waals surface area contributed by atoms with Gasteiger partial charge in [-0.05, 0) is 26.1 Å². The summed E-state index contributed by atoms with van der Waals surface area (Å²) in [5.74, 6) is 0.674. The summed E-state index contributed by atoms with van der Waals surface area (Å²) < 4.78 is 0. The van der Waals surface area contributed by atoms with Crippen molar-refractivity contribution >= 4 is 5.96 Å². The van der Waals surface area contributed by atoms with E-state index in [0.29, 0.717) is 5.96 Å². The van der Waals surface area contributed by atoms with Crippen molar-refractivity contribution in [3.8, 4) is 0 Å². The molecule has 1 aliphatic heterocycles. The molecule has 1 heterocycles. The minimum Gasteiger partial charge on any atom is -0.370 e. The molecule has 0 aliphatic carbocycles. The summed E-state index contributed by atoms with van der Waals surface area (Å²) in [6, 6.07) is 10.6. The molecule has 0 saturated carbocycles. The maximum atomic E-state index is 6.11. The van der Waals surface area contributed by atoms with Crippen LogP contribution < -0.4 is 5.73 Å². The van der Waals surface area contributed by atoms with Crippen molar-refractivity contribution in [3.05, 3.63) is 35.9 Å². The lowest BCUT2D eigenvalue weighted by molar-refractivity contribution is 0.179. The molecular weight excluding hydrogens is 236 g/mol. The van der Waals surface area contributed by atoms with Gasteiger partial charge in [0.2, 0.25) is 0 Å². The highest BCUT2D eigenvalue weighted by Crippen LogP contribution is 2.35. The molecule has 19 heavy (non-hydrogen) atoms. The van der Waals surface area contributed by atoms with Crippen LogP contribution in [-0.2, 0) is 5.54 Å². The number of nitrogens with two attached hydrogens (primary N) is 1. The number of rotatable bonds is 5. The second kappa shape index (κ2) is 5.61. The number of benzene rings is 1. The lowest BCUT2D eigenvalue weighted by Crippen LogP contribution is -2.51. The van der Waals surface area contributed by atoms with Crippen molar-refractivity contribution in [2.24, 2.45) is 10.7 Å². The molecule has 2 N–H and O–H groups in total. The van der Waals surface area contributed by atoms with Crippen molar-refractivity contribution in [2.75, 3.05) is 33.7 Å². The SMILES string of the molecule is CCC1(c2ccccc2)CN=C(N)N1CCN(C)C. The quantitative estimate of drug-likeness (QED) is 0.872. The Kier molecular flexibility index (Phi) is 4.10. The Morgan fingerprint density at radius 1 is 1.32 bits per heavy atom. The van der Waals surface area contributed by atoms with Gasteiger partial charge < -0.3 is 15.5 Å². The Morgan fingerprint density at radius 3 is 2.58 bits per heavy atom. The van der Waals surface area contributed by atoms with E-state index in [0.717, 1.165) is 26.1 Å². The standard InChI is InChI=1S/C15H24N4/c1-4-15(13-8-6-5-7-9-13)12-17-14(16)19(15)11-10-18(2)3/h5-9H,4,10-12H2,1-3H3,(H2,16,17). The predicted octanol–water partition coefficient (Wildman–Crippen LogP) is 1.48. The summed E-state index contributed by atoms with van der Waals surface area (Å²) in [5, 5.41) is 0. The van der Waals surface area contributed by atoms with Gasteiger partial charge in [0.25, 0.3) is 0 Å². The van der Waals surface area contributed by atoms with Crippen LogP contribution in [0.2, 0.25) is 0 Å². The third kappa shape index (κ3) is 2.59. The van der Waals surface area contributed by atoms with Gasteiger partial charge in [-0.15, -0.1) is 0 Å². The van der Waals surface area contributed by atoms with Crippen molar-refractivity contribution in [1.82, 2.24) is 9.80 Å². The smallest absolute Gasteiger partial charge is 0.192 e. The molecule has 1 aromatic carbocycles. The summed E-state index contributed by atoms with van der Waals surface area (Å²) in [4.78, 5) is 8.94. The molecule has 1 aliphatic rings. The Hall–Kier alpha value is -1.55. The van der Waals surface area contributed by atoms with Crippen LogP contribution >= 0.6 is 0 Å². The van der Waals surface area contributed by atoms with Crippen LogP contribution in [0.25, 0.3) is 0 Å². The van der Waals surface area contributed by atoms with Crippen LogP contribution in [0, 0.1) is 0 Å². The Morgan fingerprint density at radius 2 is 2.00 bits per heavy atom. The highest BCUT2D eigenvalue weighted by atomic mass is 15.4. The first-order chi connectivity index (χ1) is 9.10. The van der Waals surface area contributed by atoms with Crippen molar-refractivity contribution < 1.29 is 0 Å². The fourth-order valence-corrected chi connectivity index (χ4v) is 2.73. The molecule has 0 spiro atoms. The largest absolute Gasteiger partial charge is 0.370 e. The molecule has 4 nitrogen and oxygen atoms in total. The Bertz CT molecular complexity index is 441. The number of nitrogens with zero attached hydrogens (tertiary/aromatic N) is 3. The van der Waals surface area contributed by atoms with Crippen molar-refractivity contribution in [2.45, 2.75) is 18.9 Å². The Balaban J connectivity index is 2.28. The van der Waals surface area contributed by atoms with Gasteiger partial charge >= 0.3 is 0 Å². The van der Waals surface area contributed by atoms with Crippen LogP contribution in [0.3, 0.4) is 0 Å². The fraction of sp³-hybridized carbons (Fsp3) is 0.533. The summed E-state index contributed by atoms with van der Waals surface area (Å²) in [5.41, 5.74) is 7.35. The first-order valence-corrected chi connectivity index (χ1v) is 6.88. The first-order valence-electron chi connectivity index (χ1n) is 6.88. The Labute approximate surface area is 115 Å². The normalized spacial score (nSPS) is 22.9. The molecule has 0 saturated heterocycles. The number of aliphatic imine (C=N–C) groups is 1. The van der Waals surface area contributed by atoms with Gasteiger partial charge in [0, 0.05) is 13.1 Å². The minimum absolute atomic E-state index is 0.0681. The van der Waals surface area contributed by atoms with E-state index in [1.807, 2.05) is 0 Å². The van der Waals surface area contributed by atoms with Crippen LogP contribution in [0.4, 0.5) is 0 Å². The van der Waals surface area contributed by atoms with Crippen LogP contribution in [0.1, 0.15) is 18.9 Å². The molecule has 2 rings (SSSR count). The van der Waals surface area contributed by atoms with Gasteiger partial charge in [-0.1, -0.05) is 37.3 Å². The predicted molar refractivity (Wildman–Crippen MR) is 80.2 cm³/mol. The van der Waals surface area contributed by atoms with E-state index >= 15 is 0 Å². The molecule has 4 heteroatoms. The summed E-state index contributed by atoms with van der Waals surface area (Å²) in [6.07, 6.45) is 1.01. The number of hydrogen-bond donors (Lipinski definition) is 1. The second-order valence-corrected chi connectivity index (χ2v) is 5.38. The van der Waals surface area contributed by atoms with Gasteiger partial charge in [0.15, 0.2) is 5.96 Å². The van der Waals surface area contributed by atoms with Gasteiger partial charge in [-0.25, -0.2) is 0 Å². The fourth-order valence-electron chi connectivity index (χ4n) is 2.73. The third-order valence-corrected chi connectivity index (χ3v) is 3.96. The number of likely N-dealkylation sites (N-methyl/N-ethyl adjacent to an activating group) is 1. The lowest BCUT2D eigenvalue weighted by atomic mass is 9.86. The molecule has 0 amide bonds. The van der Waals surface area contributed by atoms with E-state index in [1.54, 1.807) is 0 Å². The zero-order valence-corrected chi connectivity index (χ0v) is 12.1. The summed E-state index contributed by atoms with van der Waals surface area (Å²) in [7, 11) is 4.17. The molecule has 1 atom stereocenters. The van der Waals surface area contributed by atoms with E-state index in [2.05, 4.69) is 66.1 Å². The van der Waals surface area contributed by atoms with Crippen LogP contribution in [0.5, 0.6) is 0 Å². The molecular formula is C15H24N4. The van der Waals surface area contributed by atoms with Crippen molar-refractivity contribution in [1.29, 1.82) is 0 Å². The van der Waals surface area contributed by atoms with Gasteiger partial charge in [-0.3, -0.25) is 4.99 Å². The molecule has 0 bridgehead atoms. The molecule has 0 radical (unpaired) electrons. The van der Waals surface area contributed by atoms with E-state index in [4.69, 9.17) is 5.73 Å². The first kappa shape index (κ1) is 13.9. The zero-order chi connectivity index (χ0) is 13.9. The van der Waals surface area contributed by atoms with E-state index in [-0.39, 0.29) is 5.54 Å². The molecule has 0 fully saturated rings. The average Bonchev–Trinajstić information content (AvgIpc) is 2.75. The van der Waals surface area contributed by atoms with E-state index in [1.165, 1.54) is 5.56 Å². The second-order valence-electron chi connectivity index (χ2n) is 5.38. The van der Waals surface area contributed by atoms with Gasteiger partial charge in [0.1, 0.15) is 0 Å². The number of hydrogen-bond acceptors (Lipinski definition) is 4. The maximum absolute atomic E-state index is 6.11. The maximum Gasteiger partial charge on any atom is 0.192 e. The molecule has 104 valence electrons. The highest BCUT2D eigenvalue weighted by molar-refractivity contribution is 5.81. The molecule has 0 aromatic heterocycles. The number of guanidine groups is 1. The van der Waals surface area contributed by atoms with Gasteiger partial charge in [-0.2, -0.15) is 0 Å². The summed E-state index contributed by atoms with van der Waals surface area (Å²) >= 11 is 0. The lowest BCUT2D eigenvalue weighted by Gasteiger charge is -2.39. The minimum atomic E-state index is -0.0681. The van der Waals surface area contributed by atoms with Crippen molar-refractivity contribution in [3.63, 3.8) is 0 Å². The average molecular weight is 260 g/mol. The monoisotopic (exact) mass is 260 g/mol. The highest BCUT2D eigenvalue weighted by Gasteiger charge is 2.41. The molecule has 1 unspecified atom stereocenters.